The van der Waals surface area contributed by atoms with E-state index >= 15 is 0 Å². The summed E-state index contributed by atoms with van der Waals surface area (Å²) in [5, 5.41) is 14.0. The summed E-state index contributed by atoms with van der Waals surface area (Å²) in [5.41, 5.74) is 0. The molecular formula is C69H134N2O6P+. The molecule has 0 spiro atoms. The summed E-state index contributed by atoms with van der Waals surface area (Å²) in [7, 11) is 1.56. The van der Waals surface area contributed by atoms with E-state index in [2.05, 4.69) is 55.6 Å². The maximum absolute atomic E-state index is 13.0. The first-order valence-electron chi connectivity index (χ1n) is 34.0. The van der Waals surface area contributed by atoms with E-state index in [0.29, 0.717) is 17.4 Å². The number of allylic oxidation sites excluding steroid dienone is 7. The van der Waals surface area contributed by atoms with Gasteiger partial charge < -0.3 is 19.8 Å². The molecule has 0 bridgehead atoms. The van der Waals surface area contributed by atoms with Crippen molar-refractivity contribution in [3.05, 3.63) is 48.6 Å². The Morgan fingerprint density at radius 2 is 0.705 bits per heavy atom. The summed E-state index contributed by atoms with van der Waals surface area (Å²) in [6, 6.07) is -0.872. The number of nitrogens with one attached hydrogen (secondary N) is 1. The topological polar surface area (TPSA) is 105 Å². The Morgan fingerprint density at radius 3 is 1.03 bits per heavy atom. The van der Waals surface area contributed by atoms with Crippen LogP contribution in [0.5, 0.6) is 0 Å². The number of hydrogen-bond donors (Lipinski definition) is 3. The highest BCUT2D eigenvalue weighted by molar-refractivity contribution is 7.47. The van der Waals surface area contributed by atoms with Crippen LogP contribution in [0.15, 0.2) is 48.6 Å². The second-order valence-corrected chi connectivity index (χ2v) is 26.0. The first-order valence-corrected chi connectivity index (χ1v) is 35.5. The minimum atomic E-state index is -4.36. The van der Waals surface area contributed by atoms with E-state index < -0.39 is 20.0 Å². The Bertz CT molecular complexity index is 1410. The van der Waals surface area contributed by atoms with Gasteiger partial charge in [0.1, 0.15) is 13.2 Å². The van der Waals surface area contributed by atoms with Crippen molar-refractivity contribution in [2.75, 3.05) is 40.9 Å². The minimum Gasteiger partial charge on any atom is -0.387 e. The zero-order chi connectivity index (χ0) is 57.0. The number of nitrogens with zero attached hydrogens (tertiary/aromatic N) is 1. The fourth-order valence-corrected chi connectivity index (χ4v) is 10.9. The lowest BCUT2D eigenvalue weighted by Gasteiger charge is -2.25. The highest BCUT2D eigenvalue weighted by Gasteiger charge is 2.28. The molecule has 3 unspecified atom stereocenters. The predicted molar refractivity (Wildman–Crippen MR) is 341 cm³/mol. The average molecular weight is 1120 g/mol. The number of carbonyl (C=O) groups excluding carboxylic acids is 1. The van der Waals surface area contributed by atoms with Gasteiger partial charge in [-0.15, -0.1) is 0 Å². The van der Waals surface area contributed by atoms with E-state index in [1.165, 1.54) is 270 Å². The molecule has 0 aliphatic carbocycles. The number of carbonyl (C=O) groups is 1. The van der Waals surface area contributed by atoms with E-state index in [0.717, 1.165) is 44.9 Å². The van der Waals surface area contributed by atoms with Crippen molar-refractivity contribution >= 4 is 13.7 Å². The van der Waals surface area contributed by atoms with Crippen LogP contribution in [0.1, 0.15) is 335 Å². The van der Waals surface area contributed by atoms with E-state index in [4.69, 9.17) is 9.05 Å². The van der Waals surface area contributed by atoms with Gasteiger partial charge in [0.15, 0.2) is 0 Å². The number of aliphatic hydroxyl groups is 1. The van der Waals surface area contributed by atoms with Gasteiger partial charge >= 0.3 is 7.82 Å². The standard InChI is InChI=1S/C69H133N2O6P/c1-6-8-10-12-14-16-18-20-22-24-26-28-30-32-33-34-35-36-37-39-40-42-44-46-48-50-52-54-56-58-60-62-68(72)67(66-77-78(74,75)76-65-64-71(3,4)5)70-69(73)63-61-59-57-55-53-51-49-47-45-43-41-38-31-29-27-25-23-21-19-17-15-13-11-9-7-2/h25,27,44,46,52,54,60,62,67-68,72H,6-24,26,28-43,45,47-51,53,55-59,61,63-66H2,1-5H3,(H-,70,73,74,75)/p+1/b27-25-,46-44+,54-52+,62-60+. The summed E-state index contributed by atoms with van der Waals surface area (Å²) in [6.07, 6.45) is 81.2. The molecule has 0 aromatic carbocycles. The number of phosphoric acid groups is 1. The van der Waals surface area contributed by atoms with Crippen LogP contribution in [0.4, 0.5) is 0 Å². The molecule has 0 aromatic heterocycles. The number of amides is 1. The normalized spacial score (nSPS) is 14.0. The van der Waals surface area contributed by atoms with Gasteiger partial charge in [-0.3, -0.25) is 13.8 Å². The summed E-state index contributed by atoms with van der Waals surface area (Å²) in [5.74, 6) is -0.187. The van der Waals surface area contributed by atoms with Crippen LogP contribution in [0.3, 0.4) is 0 Å². The lowest BCUT2D eigenvalue weighted by atomic mass is 10.0. The Morgan fingerprint density at radius 1 is 0.423 bits per heavy atom. The third kappa shape index (κ3) is 62.1. The summed E-state index contributed by atoms with van der Waals surface area (Å²) >= 11 is 0. The molecule has 0 aromatic rings. The molecule has 3 N–H and O–H groups in total. The van der Waals surface area contributed by atoms with Gasteiger partial charge in [-0.05, 0) is 70.6 Å². The highest BCUT2D eigenvalue weighted by Crippen LogP contribution is 2.43. The first-order chi connectivity index (χ1) is 38.0. The number of quaternary nitrogens is 1. The van der Waals surface area contributed by atoms with E-state index in [-0.39, 0.29) is 19.1 Å². The zero-order valence-corrected chi connectivity index (χ0v) is 53.6. The van der Waals surface area contributed by atoms with Crippen LogP contribution >= 0.6 is 7.82 Å². The largest absolute Gasteiger partial charge is 0.472 e. The molecular weight excluding hydrogens is 984 g/mol. The molecule has 3 atom stereocenters. The third-order valence-electron chi connectivity index (χ3n) is 15.5. The van der Waals surface area contributed by atoms with Gasteiger partial charge in [-0.25, -0.2) is 4.57 Å². The zero-order valence-electron chi connectivity index (χ0n) is 52.7. The Hall–Kier alpha value is -1.54. The van der Waals surface area contributed by atoms with Crippen molar-refractivity contribution in [2.24, 2.45) is 0 Å². The van der Waals surface area contributed by atoms with E-state index in [1.54, 1.807) is 6.08 Å². The fraction of sp³-hybridized carbons (Fsp3) is 0.870. The first kappa shape index (κ1) is 76.5. The maximum atomic E-state index is 13.0. The smallest absolute Gasteiger partial charge is 0.387 e. The second kappa shape index (κ2) is 60.1. The van der Waals surface area contributed by atoms with Gasteiger partial charge in [0.05, 0.1) is 39.9 Å². The SMILES string of the molecule is CCCCCCCCCC/C=C\CCCCCCCCCCCCCCCC(=O)NC(COP(=O)(O)OCC[N+](C)(C)C)C(O)/C=C/CC/C=C/CC/C=C/CCCCCCCCCCCCCCCCCCCCCCC. The Kier molecular flexibility index (Phi) is 58.9. The van der Waals surface area contributed by atoms with Crippen molar-refractivity contribution in [3.8, 4) is 0 Å². The Labute approximate surface area is 486 Å². The minimum absolute atomic E-state index is 0.0537. The van der Waals surface area contributed by atoms with E-state index in [9.17, 15) is 19.4 Å². The van der Waals surface area contributed by atoms with Crippen molar-refractivity contribution in [2.45, 2.75) is 347 Å². The van der Waals surface area contributed by atoms with Gasteiger partial charge in [-0.1, -0.05) is 306 Å². The molecule has 0 heterocycles. The molecule has 0 aliphatic heterocycles. The van der Waals surface area contributed by atoms with Gasteiger partial charge in [-0.2, -0.15) is 0 Å². The summed E-state index contributed by atoms with van der Waals surface area (Å²) < 4.78 is 23.8. The summed E-state index contributed by atoms with van der Waals surface area (Å²) in [6.45, 7) is 4.83. The number of aliphatic hydroxyl groups excluding tert-OH is 1. The lowest BCUT2D eigenvalue weighted by Crippen LogP contribution is -2.45. The summed E-state index contributed by atoms with van der Waals surface area (Å²) in [4.78, 5) is 23.4. The molecule has 0 rings (SSSR count). The molecule has 8 nitrogen and oxygen atoms in total. The van der Waals surface area contributed by atoms with E-state index in [1.807, 2.05) is 27.2 Å². The molecule has 0 saturated heterocycles. The maximum Gasteiger partial charge on any atom is 0.472 e. The van der Waals surface area contributed by atoms with Gasteiger partial charge in [0, 0.05) is 6.42 Å². The molecule has 0 fully saturated rings. The number of likely N-dealkylation sites (N-methyl/N-ethyl adjacent to an activating group) is 1. The monoisotopic (exact) mass is 1120 g/mol. The number of rotatable bonds is 63. The van der Waals surface area contributed by atoms with Crippen LogP contribution in [0.25, 0.3) is 0 Å². The molecule has 1 amide bonds. The molecule has 0 saturated carbocycles. The average Bonchev–Trinajstić information content (AvgIpc) is 3.41. The number of unbranched alkanes of at least 4 members (excludes halogenated alkanes) is 44. The second-order valence-electron chi connectivity index (χ2n) is 24.5. The van der Waals surface area contributed by atoms with Crippen LogP contribution in [0, 0.1) is 0 Å². The highest BCUT2D eigenvalue weighted by atomic mass is 31.2. The fourth-order valence-electron chi connectivity index (χ4n) is 10.2. The van der Waals surface area contributed by atoms with Crippen LogP contribution < -0.4 is 5.32 Å². The predicted octanol–water partition coefficient (Wildman–Crippen LogP) is 21.4. The van der Waals surface area contributed by atoms with Crippen molar-refractivity contribution in [1.82, 2.24) is 5.32 Å². The van der Waals surface area contributed by atoms with Crippen LogP contribution in [-0.2, 0) is 18.4 Å². The third-order valence-corrected chi connectivity index (χ3v) is 16.5. The van der Waals surface area contributed by atoms with Gasteiger partial charge in [0.25, 0.3) is 0 Å². The molecule has 9 heteroatoms. The quantitative estimate of drug-likeness (QED) is 0.0243. The molecule has 460 valence electrons. The van der Waals surface area contributed by atoms with Crippen molar-refractivity contribution < 1.29 is 32.9 Å². The lowest BCUT2D eigenvalue weighted by molar-refractivity contribution is -0.870. The molecule has 78 heavy (non-hydrogen) atoms. The van der Waals surface area contributed by atoms with Gasteiger partial charge in [0.2, 0.25) is 5.91 Å². The van der Waals surface area contributed by atoms with Crippen molar-refractivity contribution in [1.29, 1.82) is 0 Å². The number of phosphoric ester groups is 1. The number of hydrogen-bond acceptors (Lipinski definition) is 5. The van der Waals surface area contributed by atoms with Crippen LogP contribution in [0.2, 0.25) is 0 Å². The Balaban J connectivity index is 4.15. The van der Waals surface area contributed by atoms with Crippen molar-refractivity contribution in [3.63, 3.8) is 0 Å². The molecule has 0 radical (unpaired) electrons. The molecule has 0 aliphatic rings. The van der Waals surface area contributed by atoms with Crippen LogP contribution in [-0.4, -0.2) is 73.4 Å².